The Morgan fingerprint density at radius 2 is 1.78 bits per heavy atom. The van der Waals surface area contributed by atoms with Gasteiger partial charge in [-0.2, -0.15) is 0 Å². The van der Waals surface area contributed by atoms with Gasteiger partial charge < -0.3 is 14.8 Å². The van der Waals surface area contributed by atoms with Crippen LogP contribution in [0.15, 0.2) is 46.9 Å². The Kier molecular flexibility index (Phi) is 5.01. The van der Waals surface area contributed by atoms with Gasteiger partial charge in [0.05, 0.1) is 5.92 Å². The number of anilines is 1. The molecule has 3 aromatic rings. The number of carboxylic acids is 1. The van der Waals surface area contributed by atoms with E-state index in [1.54, 1.807) is 42.5 Å². The maximum absolute atomic E-state index is 12.9. The molecule has 138 valence electrons. The first-order valence-corrected chi connectivity index (χ1v) is 8.53. The van der Waals surface area contributed by atoms with Crippen LogP contribution in [0.1, 0.15) is 41.4 Å². The van der Waals surface area contributed by atoms with Crippen LogP contribution < -0.4 is 5.32 Å². The van der Waals surface area contributed by atoms with Gasteiger partial charge in [0.15, 0.2) is 5.76 Å². The van der Waals surface area contributed by atoms with Gasteiger partial charge in [0.2, 0.25) is 11.7 Å². The number of nitrogens with one attached hydrogen (secondary N) is 1. The molecule has 1 aromatic heterocycles. The van der Waals surface area contributed by atoms with Crippen molar-refractivity contribution in [3.63, 3.8) is 0 Å². The molecule has 0 fully saturated rings. The van der Waals surface area contributed by atoms with Crippen LogP contribution in [0.2, 0.25) is 5.02 Å². The average Bonchev–Trinajstić information content (AvgIpc) is 2.99. The van der Waals surface area contributed by atoms with Crippen molar-refractivity contribution in [2.45, 2.75) is 19.8 Å². The van der Waals surface area contributed by atoms with Crippen molar-refractivity contribution in [3.8, 4) is 0 Å². The third-order valence-electron chi connectivity index (χ3n) is 4.16. The highest BCUT2D eigenvalue weighted by Gasteiger charge is 2.29. The molecule has 0 aliphatic rings. The largest absolute Gasteiger partial charge is 0.481 e. The van der Waals surface area contributed by atoms with E-state index < -0.39 is 17.7 Å². The van der Waals surface area contributed by atoms with Crippen molar-refractivity contribution in [2.75, 3.05) is 5.32 Å². The molecule has 0 saturated carbocycles. The number of fused-ring (bicyclic) bond motifs is 1. The van der Waals surface area contributed by atoms with Gasteiger partial charge in [-0.3, -0.25) is 14.4 Å². The van der Waals surface area contributed by atoms with E-state index in [4.69, 9.17) is 16.0 Å². The van der Waals surface area contributed by atoms with E-state index in [1.807, 2.05) is 0 Å². The number of carbonyl (C=O) groups excluding carboxylic acids is 2. The molecule has 0 aliphatic heterocycles. The third-order valence-corrected chi connectivity index (χ3v) is 4.42. The number of amides is 1. The van der Waals surface area contributed by atoms with Gasteiger partial charge in [-0.1, -0.05) is 11.6 Å². The Morgan fingerprint density at radius 3 is 2.37 bits per heavy atom. The van der Waals surface area contributed by atoms with Gasteiger partial charge in [0.25, 0.3) is 0 Å². The summed E-state index contributed by atoms with van der Waals surface area (Å²) >= 11 is 5.86. The average molecular weight is 386 g/mol. The summed E-state index contributed by atoms with van der Waals surface area (Å²) in [6.45, 7) is 2.87. The first-order chi connectivity index (χ1) is 12.8. The summed E-state index contributed by atoms with van der Waals surface area (Å²) in [4.78, 5) is 35.8. The smallest absolute Gasteiger partial charge is 0.310 e. The van der Waals surface area contributed by atoms with Crippen LogP contribution in [0.5, 0.6) is 0 Å². The Hall–Kier alpha value is -3.12. The first kappa shape index (κ1) is 18.7. The fourth-order valence-electron chi connectivity index (χ4n) is 2.85. The van der Waals surface area contributed by atoms with E-state index in [1.165, 1.54) is 13.8 Å². The molecule has 1 heterocycles. The van der Waals surface area contributed by atoms with Gasteiger partial charge in [-0.05, 0) is 43.3 Å². The Balaban J connectivity index is 2.18. The van der Waals surface area contributed by atoms with Gasteiger partial charge in [0, 0.05) is 40.2 Å². The second-order valence-electron chi connectivity index (χ2n) is 6.13. The molecule has 1 amide bonds. The summed E-state index contributed by atoms with van der Waals surface area (Å²) in [6.07, 6.45) is 0. The van der Waals surface area contributed by atoms with Crippen LogP contribution >= 0.6 is 11.6 Å². The highest BCUT2D eigenvalue weighted by atomic mass is 35.5. The van der Waals surface area contributed by atoms with Crippen LogP contribution in [-0.2, 0) is 9.59 Å². The van der Waals surface area contributed by atoms with Crippen molar-refractivity contribution in [2.24, 2.45) is 0 Å². The van der Waals surface area contributed by atoms with Crippen molar-refractivity contribution < 1.29 is 23.9 Å². The number of carboxylic acid groups (broad SMARTS) is 1. The van der Waals surface area contributed by atoms with Crippen LogP contribution in [0.3, 0.4) is 0 Å². The summed E-state index contributed by atoms with van der Waals surface area (Å²) in [6, 6.07) is 11.1. The summed E-state index contributed by atoms with van der Waals surface area (Å²) in [7, 11) is 0. The Bertz CT molecular complexity index is 1050. The fourth-order valence-corrected chi connectivity index (χ4v) is 2.98. The van der Waals surface area contributed by atoms with E-state index >= 15 is 0 Å². The minimum Gasteiger partial charge on any atom is -0.481 e. The monoisotopic (exact) mass is 385 g/mol. The second-order valence-corrected chi connectivity index (χ2v) is 6.57. The number of aliphatic carboxylic acids is 1. The molecule has 0 bridgehead atoms. The molecule has 0 saturated heterocycles. The molecule has 7 heteroatoms. The number of carbonyl (C=O) groups is 3. The Labute approximate surface area is 159 Å². The van der Waals surface area contributed by atoms with Crippen LogP contribution in [-0.4, -0.2) is 22.8 Å². The van der Waals surface area contributed by atoms with Gasteiger partial charge in [0.1, 0.15) is 5.58 Å². The van der Waals surface area contributed by atoms with Crippen LogP contribution in [0.4, 0.5) is 5.69 Å². The number of rotatable bonds is 5. The van der Waals surface area contributed by atoms with E-state index in [2.05, 4.69) is 5.32 Å². The van der Waals surface area contributed by atoms with Gasteiger partial charge in [-0.15, -0.1) is 0 Å². The summed E-state index contributed by atoms with van der Waals surface area (Å²) in [5, 5.41) is 13.1. The predicted octanol–water partition coefficient (Wildman–Crippen LogP) is 4.46. The molecule has 1 unspecified atom stereocenters. The standard InChI is InChI=1S/C20H16ClNO5/c1-10(20(25)26)17-15-8-7-14(22-11(2)23)9-16(15)27-19(17)18(24)12-3-5-13(21)6-4-12/h3-10H,1-2H3,(H,22,23)(H,25,26). The highest BCUT2D eigenvalue weighted by molar-refractivity contribution is 6.30. The maximum Gasteiger partial charge on any atom is 0.310 e. The van der Waals surface area contributed by atoms with Gasteiger partial charge >= 0.3 is 5.97 Å². The zero-order valence-electron chi connectivity index (χ0n) is 14.6. The minimum atomic E-state index is -1.08. The quantitative estimate of drug-likeness (QED) is 0.632. The molecule has 3 rings (SSSR count). The third kappa shape index (κ3) is 3.71. The lowest BCUT2D eigenvalue weighted by Crippen LogP contribution is -2.12. The summed E-state index contributed by atoms with van der Waals surface area (Å²) in [5.41, 5.74) is 1.44. The fraction of sp³-hybridized carbons (Fsp3) is 0.150. The second kappa shape index (κ2) is 7.25. The normalized spacial score (nSPS) is 12.0. The molecule has 0 aliphatic carbocycles. The number of benzene rings is 2. The lowest BCUT2D eigenvalue weighted by Gasteiger charge is -2.07. The predicted molar refractivity (Wildman–Crippen MR) is 101 cm³/mol. The summed E-state index contributed by atoms with van der Waals surface area (Å²) in [5.74, 6) is -2.76. The van der Waals surface area contributed by atoms with Crippen molar-refractivity contribution >= 4 is 45.9 Å². The molecule has 27 heavy (non-hydrogen) atoms. The van der Waals surface area contributed by atoms with Crippen LogP contribution in [0, 0.1) is 0 Å². The lowest BCUT2D eigenvalue weighted by molar-refractivity contribution is -0.138. The van der Waals surface area contributed by atoms with Crippen LogP contribution in [0.25, 0.3) is 11.0 Å². The molecule has 2 N–H and O–H groups in total. The van der Waals surface area contributed by atoms with Crippen molar-refractivity contribution in [1.29, 1.82) is 0 Å². The maximum atomic E-state index is 12.9. The number of hydrogen-bond donors (Lipinski definition) is 2. The summed E-state index contributed by atoms with van der Waals surface area (Å²) < 4.78 is 5.74. The first-order valence-electron chi connectivity index (χ1n) is 8.15. The zero-order valence-corrected chi connectivity index (χ0v) is 15.3. The van der Waals surface area contributed by atoms with Gasteiger partial charge in [-0.25, -0.2) is 0 Å². The van der Waals surface area contributed by atoms with E-state index in [-0.39, 0.29) is 11.7 Å². The molecule has 0 spiro atoms. The molecule has 0 radical (unpaired) electrons. The van der Waals surface area contributed by atoms with E-state index in [9.17, 15) is 19.5 Å². The molecule has 2 aromatic carbocycles. The van der Waals surface area contributed by atoms with E-state index in [0.717, 1.165) is 0 Å². The number of halogens is 1. The topological polar surface area (TPSA) is 96.6 Å². The minimum absolute atomic E-state index is 0.0396. The van der Waals surface area contributed by atoms with Crippen molar-refractivity contribution in [1.82, 2.24) is 0 Å². The highest BCUT2D eigenvalue weighted by Crippen LogP contribution is 2.35. The Morgan fingerprint density at radius 1 is 1.11 bits per heavy atom. The molecule has 1 atom stereocenters. The number of hydrogen-bond acceptors (Lipinski definition) is 4. The molecular weight excluding hydrogens is 370 g/mol. The lowest BCUT2D eigenvalue weighted by atomic mass is 9.94. The van der Waals surface area contributed by atoms with Crippen molar-refractivity contribution in [3.05, 3.63) is 64.4 Å². The number of furan rings is 1. The number of ketones is 1. The zero-order chi connectivity index (χ0) is 19.7. The molecular formula is C20H16ClNO5. The SMILES string of the molecule is CC(=O)Nc1ccc2c(C(C)C(=O)O)c(C(=O)c3ccc(Cl)cc3)oc2c1. The molecule has 6 nitrogen and oxygen atoms in total. The van der Waals surface area contributed by atoms with E-state index in [0.29, 0.717) is 32.8 Å².